The van der Waals surface area contributed by atoms with Crippen molar-refractivity contribution in [1.82, 2.24) is 20.4 Å². The first-order valence-electron chi connectivity index (χ1n) is 19.5. The molecule has 1 heterocycles. The molecular formula is C45H50N4O5. The van der Waals surface area contributed by atoms with Crippen LogP contribution in [0.4, 0.5) is 0 Å². The number of esters is 1. The van der Waals surface area contributed by atoms with Gasteiger partial charge in [0.1, 0.15) is 0 Å². The minimum absolute atomic E-state index is 0.0197. The summed E-state index contributed by atoms with van der Waals surface area (Å²) in [5.74, 6) is -0.547. The summed E-state index contributed by atoms with van der Waals surface area (Å²) in [5, 5.41) is 23.3. The number of amides is 2. The number of hydrogen-bond donors (Lipinski definition) is 3. The average molecular weight is 727 g/mol. The van der Waals surface area contributed by atoms with Crippen molar-refractivity contribution in [3.63, 3.8) is 0 Å². The number of rotatable bonds is 9. The Morgan fingerprint density at radius 2 is 1.63 bits per heavy atom. The smallest absolute Gasteiger partial charge is 0.306 e. The number of hydrogen-bond acceptors (Lipinski definition) is 6. The van der Waals surface area contributed by atoms with Gasteiger partial charge in [-0.25, -0.2) is 4.68 Å². The largest absolute Gasteiger partial charge is 0.448 e. The van der Waals surface area contributed by atoms with E-state index >= 15 is 0 Å². The van der Waals surface area contributed by atoms with Crippen molar-refractivity contribution in [3.05, 3.63) is 125 Å². The zero-order valence-electron chi connectivity index (χ0n) is 31.4. The molecular weight excluding hydrogens is 677 g/mol. The second-order valence-corrected chi connectivity index (χ2v) is 16.3. The zero-order valence-corrected chi connectivity index (χ0v) is 31.4. The Morgan fingerprint density at radius 1 is 0.926 bits per heavy atom. The second kappa shape index (κ2) is 14.0. The minimum atomic E-state index is -1.35. The van der Waals surface area contributed by atoms with Gasteiger partial charge in [0.15, 0.2) is 5.60 Å². The monoisotopic (exact) mass is 726 g/mol. The van der Waals surface area contributed by atoms with Crippen LogP contribution in [0, 0.1) is 28.6 Å². The van der Waals surface area contributed by atoms with Gasteiger partial charge >= 0.3 is 5.97 Å². The molecule has 0 aliphatic heterocycles. The molecule has 3 saturated carbocycles. The summed E-state index contributed by atoms with van der Waals surface area (Å²) >= 11 is 0. The van der Waals surface area contributed by atoms with Gasteiger partial charge in [-0.1, -0.05) is 93.1 Å². The maximum atomic E-state index is 14.3. The average Bonchev–Trinajstić information content (AvgIpc) is 3.72. The first-order valence-corrected chi connectivity index (χ1v) is 19.5. The van der Waals surface area contributed by atoms with Gasteiger partial charge < -0.3 is 20.5 Å². The maximum Gasteiger partial charge on any atom is 0.306 e. The number of carbonyl (C=O) groups excluding carboxylic acids is 3. The second-order valence-electron chi connectivity index (χ2n) is 16.3. The van der Waals surface area contributed by atoms with Gasteiger partial charge in [-0.05, 0) is 103 Å². The van der Waals surface area contributed by atoms with Crippen molar-refractivity contribution in [2.45, 2.75) is 90.5 Å². The highest BCUT2D eigenvalue weighted by Gasteiger charge is 2.70. The Kier molecular flexibility index (Phi) is 9.33. The fraction of sp³-hybridized carbons (Fsp3) is 0.422. The van der Waals surface area contributed by atoms with E-state index in [1.807, 2.05) is 95.8 Å². The lowest BCUT2D eigenvalue weighted by atomic mass is 9.45. The fourth-order valence-electron chi connectivity index (χ4n) is 10.8. The molecule has 4 aromatic rings. The van der Waals surface area contributed by atoms with Crippen LogP contribution in [-0.4, -0.2) is 44.4 Å². The first kappa shape index (κ1) is 36.0. The summed E-state index contributed by atoms with van der Waals surface area (Å²) in [6, 6.07) is 27.2. The highest BCUT2D eigenvalue weighted by molar-refractivity contribution is 5.94. The molecule has 3 fully saturated rings. The van der Waals surface area contributed by atoms with E-state index in [1.165, 1.54) is 5.57 Å². The maximum absolute atomic E-state index is 14.3. The summed E-state index contributed by atoms with van der Waals surface area (Å²) in [4.78, 5) is 40.5. The number of fused-ring (bicyclic) bond motifs is 6. The van der Waals surface area contributed by atoms with Gasteiger partial charge in [0, 0.05) is 30.5 Å². The van der Waals surface area contributed by atoms with Gasteiger partial charge in [0.05, 0.1) is 23.7 Å². The molecule has 2 amide bonds. The van der Waals surface area contributed by atoms with Crippen molar-refractivity contribution in [2.75, 3.05) is 0 Å². The molecule has 8 rings (SSSR count). The molecule has 3 aromatic carbocycles. The molecule has 4 aliphatic rings. The van der Waals surface area contributed by atoms with Crippen molar-refractivity contribution >= 4 is 23.9 Å². The third-order valence-electron chi connectivity index (χ3n) is 13.4. The van der Waals surface area contributed by atoms with Crippen LogP contribution in [0.3, 0.4) is 0 Å². The van der Waals surface area contributed by atoms with Crippen LogP contribution in [0.2, 0.25) is 0 Å². The molecule has 7 atom stereocenters. The normalized spacial score (nSPS) is 29.4. The van der Waals surface area contributed by atoms with Crippen molar-refractivity contribution in [1.29, 1.82) is 0 Å². The molecule has 1 aromatic heterocycles. The van der Waals surface area contributed by atoms with Crippen molar-refractivity contribution in [3.8, 4) is 5.69 Å². The molecule has 280 valence electrons. The zero-order chi connectivity index (χ0) is 37.7. The SMILES string of the molecule is CCC(=O)O[C@]1(C(=O)NCc2ccccc2)CCC2C3CCC4=Cc5c(cnn5-c5cccc(C(=O)NCc6ccccc6)c5)C[C@]4(C)C3[C@@H](O)C[C@@]21C. The van der Waals surface area contributed by atoms with Crippen LogP contribution < -0.4 is 10.6 Å². The Hall–Kier alpha value is -5.02. The van der Waals surface area contributed by atoms with Crippen LogP contribution in [-0.2, 0) is 33.8 Å². The number of allylic oxidation sites excluding steroid dienone is 1. The van der Waals surface area contributed by atoms with Crippen molar-refractivity contribution < 1.29 is 24.2 Å². The molecule has 0 saturated heterocycles. The van der Waals surface area contributed by atoms with E-state index in [0.29, 0.717) is 31.5 Å². The van der Waals surface area contributed by atoms with Crippen LogP contribution >= 0.6 is 0 Å². The van der Waals surface area contributed by atoms with Crippen LogP contribution in [0.15, 0.2) is 96.7 Å². The number of aliphatic hydroxyl groups is 1. The highest BCUT2D eigenvalue weighted by Crippen LogP contribution is 2.68. The van der Waals surface area contributed by atoms with E-state index in [0.717, 1.165) is 53.8 Å². The lowest BCUT2D eigenvalue weighted by molar-refractivity contribution is -0.201. The number of carbonyl (C=O) groups is 3. The molecule has 4 aliphatic carbocycles. The fourth-order valence-corrected chi connectivity index (χ4v) is 10.8. The Morgan fingerprint density at radius 3 is 2.33 bits per heavy atom. The standard InChI is InChI=1S/C45H50N4O5/c1-4-39(51)54-45(42(53)47-27-30-14-9-6-10-15-30)21-20-36-35-19-18-33-23-37-32(24-43(33,2)40(35)38(50)25-44(36,45)3)28-48-49(37)34-17-11-16-31(22-34)41(52)46-26-29-12-7-5-8-13-29/h5-17,22-23,28,35-36,38,40,50H,4,18-21,24-27H2,1-3H3,(H,46,52)(H,47,53)/t35?,36?,38-,40?,43-,44-,45-/m0/s1. The van der Waals surface area contributed by atoms with Crippen LogP contribution in [0.25, 0.3) is 11.8 Å². The van der Waals surface area contributed by atoms with E-state index in [1.54, 1.807) is 6.92 Å². The summed E-state index contributed by atoms with van der Waals surface area (Å²) in [6.45, 7) is 6.93. The van der Waals surface area contributed by atoms with Gasteiger partial charge in [0.2, 0.25) is 0 Å². The van der Waals surface area contributed by atoms with Crippen molar-refractivity contribution in [2.24, 2.45) is 28.6 Å². The third kappa shape index (κ3) is 5.97. The third-order valence-corrected chi connectivity index (χ3v) is 13.4. The van der Waals surface area contributed by atoms with E-state index in [4.69, 9.17) is 9.84 Å². The van der Waals surface area contributed by atoms with Crippen LogP contribution in [0.1, 0.15) is 92.0 Å². The molecule has 0 radical (unpaired) electrons. The minimum Gasteiger partial charge on any atom is -0.448 e. The predicted molar refractivity (Wildman–Crippen MR) is 206 cm³/mol. The van der Waals surface area contributed by atoms with Crippen LogP contribution in [0.5, 0.6) is 0 Å². The molecule has 9 heteroatoms. The Bertz CT molecular complexity index is 2090. The summed E-state index contributed by atoms with van der Waals surface area (Å²) in [7, 11) is 0. The quantitative estimate of drug-likeness (QED) is 0.160. The number of ether oxygens (including phenoxy) is 1. The summed E-state index contributed by atoms with van der Waals surface area (Å²) in [5.41, 5.74) is 4.46. The molecule has 3 N–H and O–H groups in total. The van der Waals surface area contributed by atoms with E-state index < -0.39 is 17.1 Å². The molecule has 3 unspecified atom stereocenters. The number of aliphatic hydroxyl groups excluding tert-OH is 1. The van der Waals surface area contributed by atoms with Gasteiger partial charge in [-0.3, -0.25) is 14.4 Å². The molecule has 0 spiro atoms. The Labute approximate surface area is 317 Å². The highest BCUT2D eigenvalue weighted by atomic mass is 16.6. The molecule has 54 heavy (non-hydrogen) atoms. The van der Waals surface area contributed by atoms with E-state index in [-0.39, 0.29) is 47.4 Å². The molecule has 9 nitrogen and oxygen atoms in total. The van der Waals surface area contributed by atoms with Gasteiger partial charge in [-0.15, -0.1) is 0 Å². The first-order chi connectivity index (χ1) is 26.1. The topological polar surface area (TPSA) is 123 Å². The van der Waals surface area contributed by atoms with Gasteiger partial charge in [0.25, 0.3) is 11.8 Å². The Balaban J connectivity index is 1.04. The predicted octanol–water partition coefficient (Wildman–Crippen LogP) is 6.96. The number of nitrogens with zero attached hydrogens (tertiary/aromatic N) is 2. The van der Waals surface area contributed by atoms with Gasteiger partial charge in [-0.2, -0.15) is 5.10 Å². The number of benzene rings is 3. The molecule has 0 bridgehead atoms. The number of aromatic nitrogens is 2. The lowest BCUT2D eigenvalue weighted by Gasteiger charge is -2.60. The summed E-state index contributed by atoms with van der Waals surface area (Å²) < 4.78 is 8.20. The number of nitrogens with one attached hydrogen (secondary N) is 2. The van der Waals surface area contributed by atoms with E-state index in [2.05, 4.69) is 30.6 Å². The lowest BCUT2D eigenvalue weighted by Crippen LogP contribution is -2.64. The van der Waals surface area contributed by atoms with E-state index in [9.17, 15) is 19.5 Å². The summed E-state index contributed by atoms with van der Waals surface area (Å²) in [6.07, 6.45) is 7.75.